The molecular weight excluding hydrogens is 227 g/mol. The Kier molecular flexibility index (Phi) is 3.26. The third-order valence-corrected chi connectivity index (χ3v) is 2.80. The Hall–Kier alpha value is -1.75. The van der Waals surface area contributed by atoms with Crippen LogP contribution in [0.2, 0.25) is 0 Å². The molecule has 0 unspecified atom stereocenters. The number of nitrogens with one attached hydrogen (secondary N) is 1. The number of halogens is 1. The van der Waals surface area contributed by atoms with Crippen LogP contribution in [0, 0.1) is 5.95 Å². The van der Waals surface area contributed by atoms with E-state index in [9.17, 15) is 9.18 Å². The first-order valence-corrected chi connectivity index (χ1v) is 5.56. The van der Waals surface area contributed by atoms with E-state index in [1.54, 1.807) is 0 Å². The molecule has 1 amide bonds. The Morgan fingerprint density at radius 2 is 2.31 bits per heavy atom. The summed E-state index contributed by atoms with van der Waals surface area (Å²) in [7, 11) is 0. The smallest absolute Gasteiger partial charge is 0.229 e. The monoisotopic (exact) mass is 236 g/mol. The van der Waals surface area contributed by atoms with E-state index >= 15 is 0 Å². The van der Waals surface area contributed by atoms with E-state index < -0.39 is 5.95 Å². The molecule has 2 rings (SSSR count). The summed E-state index contributed by atoms with van der Waals surface area (Å²) in [6.07, 6.45) is 1.62. The van der Waals surface area contributed by atoms with Gasteiger partial charge in [0.15, 0.2) is 0 Å². The highest BCUT2D eigenvalue weighted by Gasteiger charge is 2.04. The minimum absolute atomic E-state index is 0.129. The first-order chi connectivity index (χ1) is 7.74. The molecule has 82 valence electrons. The summed E-state index contributed by atoms with van der Waals surface area (Å²) in [6.45, 7) is 0. The number of hydrogen-bond acceptors (Lipinski definition) is 3. The maximum atomic E-state index is 12.5. The summed E-state index contributed by atoms with van der Waals surface area (Å²) in [6, 6.07) is 6.48. The molecule has 5 heteroatoms. The van der Waals surface area contributed by atoms with Crippen LogP contribution in [0.1, 0.15) is 4.88 Å². The van der Waals surface area contributed by atoms with E-state index in [1.165, 1.54) is 29.7 Å². The van der Waals surface area contributed by atoms with Crippen LogP contribution in [0.3, 0.4) is 0 Å². The van der Waals surface area contributed by atoms with E-state index in [-0.39, 0.29) is 5.91 Å². The van der Waals surface area contributed by atoms with Gasteiger partial charge < -0.3 is 5.32 Å². The van der Waals surface area contributed by atoms with Crippen molar-refractivity contribution < 1.29 is 9.18 Å². The summed E-state index contributed by atoms with van der Waals surface area (Å²) < 4.78 is 12.5. The largest absolute Gasteiger partial charge is 0.324 e. The number of pyridine rings is 1. The fourth-order valence-electron chi connectivity index (χ4n) is 1.23. The Morgan fingerprint density at radius 3 is 2.94 bits per heavy atom. The first-order valence-electron chi connectivity index (χ1n) is 4.68. The lowest BCUT2D eigenvalue weighted by Gasteiger charge is -2.02. The topological polar surface area (TPSA) is 42.0 Å². The van der Waals surface area contributed by atoms with E-state index in [4.69, 9.17) is 0 Å². The van der Waals surface area contributed by atoms with Gasteiger partial charge in [-0.2, -0.15) is 4.39 Å². The Bertz CT molecular complexity index is 467. The molecule has 0 aliphatic heterocycles. The van der Waals surface area contributed by atoms with Crippen LogP contribution in [-0.4, -0.2) is 10.9 Å². The van der Waals surface area contributed by atoms with Crippen molar-refractivity contribution in [3.05, 3.63) is 46.7 Å². The van der Waals surface area contributed by atoms with Crippen LogP contribution in [0.5, 0.6) is 0 Å². The van der Waals surface area contributed by atoms with Gasteiger partial charge in [0.05, 0.1) is 18.3 Å². The molecular formula is C11H9FN2OS. The molecule has 0 aromatic carbocycles. The minimum atomic E-state index is -0.559. The van der Waals surface area contributed by atoms with Crippen molar-refractivity contribution in [2.45, 2.75) is 6.42 Å². The number of rotatable bonds is 3. The standard InChI is InChI=1S/C11H9FN2OS/c12-10-4-3-8(7-13-10)14-11(15)6-9-2-1-5-16-9/h1-5,7H,6H2,(H,14,15). The van der Waals surface area contributed by atoms with Crippen molar-refractivity contribution >= 4 is 22.9 Å². The van der Waals surface area contributed by atoms with Crippen molar-refractivity contribution in [1.82, 2.24) is 4.98 Å². The number of aromatic nitrogens is 1. The highest BCUT2D eigenvalue weighted by atomic mass is 32.1. The lowest BCUT2D eigenvalue weighted by atomic mass is 10.3. The van der Waals surface area contributed by atoms with Crippen LogP contribution < -0.4 is 5.32 Å². The van der Waals surface area contributed by atoms with Crippen LogP contribution in [-0.2, 0) is 11.2 Å². The van der Waals surface area contributed by atoms with Gasteiger partial charge in [-0.05, 0) is 23.6 Å². The van der Waals surface area contributed by atoms with Gasteiger partial charge >= 0.3 is 0 Å². The maximum Gasteiger partial charge on any atom is 0.229 e. The fourth-order valence-corrected chi connectivity index (χ4v) is 1.93. The second kappa shape index (κ2) is 4.85. The first kappa shape index (κ1) is 10.8. The Balaban J connectivity index is 1.95. The summed E-state index contributed by atoms with van der Waals surface area (Å²) in [5.74, 6) is -0.688. The van der Waals surface area contributed by atoms with Crippen molar-refractivity contribution in [1.29, 1.82) is 0 Å². The molecule has 0 fully saturated rings. The molecule has 2 aromatic heterocycles. The average Bonchev–Trinajstić information content (AvgIpc) is 2.74. The zero-order valence-corrected chi connectivity index (χ0v) is 9.13. The minimum Gasteiger partial charge on any atom is -0.324 e. The van der Waals surface area contributed by atoms with E-state index in [0.29, 0.717) is 12.1 Å². The third-order valence-electron chi connectivity index (χ3n) is 1.93. The number of amides is 1. The summed E-state index contributed by atoms with van der Waals surface area (Å²) in [5, 5.41) is 4.56. The Labute approximate surface area is 96.0 Å². The lowest BCUT2D eigenvalue weighted by molar-refractivity contribution is -0.115. The predicted octanol–water partition coefficient (Wildman–Crippen LogP) is 2.46. The van der Waals surface area contributed by atoms with Crippen molar-refractivity contribution in [2.24, 2.45) is 0 Å². The molecule has 2 aromatic rings. The summed E-state index contributed by atoms with van der Waals surface area (Å²) in [4.78, 5) is 16.0. The van der Waals surface area contributed by atoms with Gasteiger partial charge in [0.25, 0.3) is 0 Å². The molecule has 0 saturated heterocycles. The molecule has 0 radical (unpaired) electrons. The normalized spacial score (nSPS) is 10.1. The van der Waals surface area contributed by atoms with Crippen LogP contribution in [0.4, 0.5) is 10.1 Å². The van der Waals surface area contributed by atoms with Gasteiger partial charge in [0.2, 0.25) is 11.9 Å². The van der Waals surface area contributed by atoms with Crippen molar-refractivity contribution in [3.63, 3.8) is 0 Å². The lowest BCUT2D eigenvalue weighted by Crippen LogP contribution is -2.13. The molecule has 2 heterocycles. The SMILES string of the molecule is O=C(Cc1cccs1)Nc1ccc(F)nc1. The number of carbonyl (C=O) groups excluding carboxylic acids is 1. The van der Waals surface area contributed by atoms with E-state index in [0.717, 1.165) is 4.88 Å². The maximum absolute atomic E-state index is 12.5. The van der Waals surface area contributed by atoms with E-state index in [1.807, 2.05) is 17.5 Å². The predicted molar refractivity (Wildman–Crippen MR) is 60.8 cm³/mol. The number of nitrogens with zero attached hydrogens (tertiary/aromatic N) is 1. The van der Waals surface area contributed by atoms with Gasteiger partial charge in [0, 0.05) is 4.88 Å². The molecule has 0 aliphatic rings. The highest BCUT2D eigenvalue weighted by Crippen LogP contribution is 2.11. The number of anilines is 1. The van der Waals surface area contributed by atoms with Gasteiger partial charge in [-0.25, -0.2) is 4.98 Å². The highest BCUT2D eigenvalue weighted by molar-refractivity contribution is 7.10. The second-order valence-corrected chi connectivity index (χ2v) is 4.21. The molecule has 3 nitrogen and oxygen atoms in total. The molecule has 1 N–H and O–H groups in total. The third kappa shape index (κ3) is 2.87. The molecule has 16 heavy (non-hydrogen) atoms. The molecule has 0 saturated carbocycles. The van der Waals surface area contributed by atoms with E-state index in [2.05, 4.69) is 10.3 Å². The molecule has 0 bridgehead atoms. The molecule has 0 aliphatic carbocycles. The molecule has 0 spiro atoms. The zero-order valence-electron chi connectivity index (χ0n) is 8.31. The number of hydrogen-bond donors (Lipinski definition) is 1. The van der Waals surface area contributed by atoms with Crippen molar-refractivity contribution in [3.8, 4) is 0 Å². The number of thiophene rings is 1. The van der Waals surface area contributed by atoms with Gasteiger partial charge in [-0.15, -0.1) is 11.3 Å². The van der Waals surface area contributed by atoms with Crippen LogP contribution in [0.25, 0.3) is 0 Å². The van der Waals surface area contributed by atoms with Crippen LogP contribution >= 0.6 is 11.3 Å². The van der Waals surface area contributed by atoms with Gasteiger partial charge in [-0.1, -0.05) is 6.07 Å². The van der Waals surface area contributed by atoms with Crippen molar-refractivity contribution in [2.75, 3.05) is 5.32 Å². The second-order valence-electron chi connectivity index (χ2n) is 3.17. The average molecular weight is 236 g/mol. The summed E-state index contributed by atoms with van der Waals surface area (Å²) >= 11 is 1.53. The molecule has 0 atom stereocenters. The number of carbonyl (C=O) groups is 1. The zero-order chi connectivity index (χ0) is 11.4. The van der Waals surface area contributed by atoms with Gasteiger partial charge in [-0.3, -0.25) is 4.79 Å². The van der Waals surface area contributed by atoms with Gasteiger partial charge in [0.1, 0.15) is 0 Å². The Morgan fingerprint density at radius 1 is 1.44 bits per heavy atom. The fraction of sp³-hybridized carbons (Fsp3) is 0.0909. The van der Waals surface area contributed by atoms with Crippen LogP contribution in [0.15, 0.2) is 35.8 Å². The quantitative estimate of drug-likeness (QED) is 0.832. The summed E-state index contributed by atoms with van der Waals surface area (Å²) in [5.41, 5.74) is 0.503.